The summed E-state index contributed by atoms with van der Waals surface area (Å²) in [6, 6.07) is 11.8. The highest BCUT2D eigenvalue weighted by Gasteiger charge is 2.17. The first-order valence-corrected chi connectivity index (χ1v) is 9.60. The van der Waals surface area contributed by atoms with Crippen molar-refractivity contribution in [2.24, 2.45) is 0 Å². The van der Waals surface area contributed by atoms with Gasteiger partial charge in [-0.3, -0.25) is 10.1 Å². The van der Waals surface area contributed by atoms with E-state index in [4.69, 9.17) is 11.1 Å². The number of hydrogen-bond donors (Lipinski definition) is 3. The van der Waals surface area contributed by atoms with E-state index < -0.39 is 15.8 Å². The zero-order chi connectivity index (χ0) is 17.5. The van der Waals surface area contributed by atoms with Crippen LogP contribution in [-0.2, 0) is 10.0 Å². The third-order valence-electron chi connectivity index (χ3n) is 3.38. The van der Waals surface area contributed by atoms with Crippen molar-refractivity contribution >= 4 is 48.5 Å². The van der Waals surface area contributed by atoms with Crippen molar-refractivity contribution in [2.75, 3.05) is 16.7 Å². The van der Waals surface area contributed by atoms with Crippen molar-refractivity contribution < 1.29 is 12.8 Å². The number of rotatable bonds is 4. The van der Waals surface area contributed by atoms with Gasteiger partial charge in [-0.15, -0.1) is 11.3 Å². The van der Waals surface area contributed by atoms with Gasteiger partial charge in [0.2, 0.25) is 10.0 Å². The van der Waals surface area contributed by atoms with Crippen LogP contribution in [0.4, 0.5) is 15.8 Å². The van der Waals surface area contributed by atoms with E-state index in [0.29, 0.717) is 4.88 Å². The molecular formula is C16H14FN3O2S2. The lowest BCUT2D eigenvalue weighted by Gasteiger charge is -2.11. The van der Waals surface area contributed by atoms with Gasteiger partial charge in [-0.1, -0.05) is 18.2 Å². The summed E-state index contributed by atoms with van der Waals surface area (Å²) in [5, 5.41) is 9.37. The van der Waals surface area contributed by atoms with Crippen LogP contribution < -0.4 is 10.5 Å². The maximum absolute atomic E-state index is 13.9. The molecule has 0 atom stereocenters. The second kappa shape index (κ2) is 5.88. The van der Waals surface area contributed by atoms with E-state index in [1.54, 1.807) is 0 Å². The van der Waals surface area contributed by atoms with Crippen molar-refractivity contribution in [3.05, 3.63) is 58.7 Å². The fourth-order valence-corrected chi connectivity index (χ4v) is 3.90. The average Bonchev–Trinajstić information content (AvgIpc) is 2.92. The number of nitrogens with two attached hydrogens (primary N) is 1. The second-order valence-electron chi connectivity index (χ2n) is 5.32. The maximum atomic E-state index is 13.9. The standard InChI is InChI=1S/C16H14FN3O2S2/c1-24(21,22)20-13-7-10(12(18)8-11(13)17)16(19)15-6-9-4-2-3-5-14(9)23-15/h2-8,19-20H,18H2,1H3. The van der Waals surface area contributed by atoms with Crippen LogP contribution in [0, 0.1) is 11.2 Å². The number of anilines is 2. The topological polar surface area (TPSA) is 96.0 Å². The molecule has 0 spiro atoms. The number of benzene rings is 2. The Morgan fingerprint density at radius 3 is 2.62 bits per heavy atom. The second-order valence-corrected chi connectivity index (χ2v) is 8.15. The van der Waals surface area contributed by atoms with Gasteiger partial charge in [-0.2, -0.15) is 0 Å². The number of nitrogen functional groups attached to an aromatic ring is 1. The van der Waals surface area contributed by atoms with Crippen LogP contribution in [-0.4, -0.2) is 20.4 Å². The Morgan fingerprint density at radius 1 is 1.25 bits per heavy atom. The summed E-state index contributed by atoms with van der Waals surface area (Å²) < 4.78 is 39.7. The molecule has 0 aliphatic carbocycles. The fourth-order valence-electron chi connectivity index (χ4n) is 2.32. The summed E-state index contributed by atoms with van der Waals surface area (Å²) in [6.07, 6.45) is 0.930. The molecule has 2 aromatic carbocycles. The van der Waals surface area contributed by atoms with Crippen LogP contribution >= 0.6 is 11.3 Å². The Labute approximate surface area is 142 Å². The Morgan fingerprint density at radius 2 is 1.96 bits per heavy atom. The molecule has 0 saturated heterocycles. The molecule has 0 amide bonds. The lowest BCUT2D eigenvalue weighted by atomic mass is 10.1. The molecule has 124 valence electrons. The Hall–Kier alpha value is -2.45. The minimum absolute atomic E-state index is 0.0778. The number of sulfonamides is 1. The molecule has 1 heterocycles. The molecule has 4 N–H and O–H groups in total. The Kier molecular flexibility index (Phi) is 4.02. The number of hydrogen-bond acceptors (Lipinski definition) is 5. The van der Waals surface area contributed by atoms with Gasteiger partial charge < -0.3 is 5.73 Å². The zero-order valence-corrected chi connectivity index (χ0v) is 14.3. The largest absolute Gasteiger partial charge is 0.398 e. The molecule has 3 aromatic rings. The van der Waals surface area contributed by atoms with E-state index >= 15 is 0 Å². The molecule has 0 saturated carbocycles. The summed E-state index contributed by atoms with van der Waals surface area (Å²) in [4.78, 5) is 0.666. The predicted octanol–water partition coefficient (Wildman–Crippen LogP) is 3.41. The van der Waals surface area contributed by atoms with E-state index in [1.807, 2.05) is 30.3 Å². The third-order valence-corrected chi connectivity index (χ3v) is 5.10. The van der Waals surface area contributed by atoms with Crippen molar-refractivity contribution in [3.63, 3.8) is 0 Å². The molecule has 0 fully saturated rings. The van der Waals surface area contributed by atoms with E-state index in [9.17, 15) is 12.8 Å². The predicted molar refractivity (Wildman–Crippen MR) is 97.0 cm³/mol. The van der Waals surface area contributed by atoms with Crippen LogP contribution in [0.25, 0.3) is 10.1 Å². The highest BCUT2D eigenvalue weighted by molar-refractivity contribution is 7.92. The van der Waals surface area contributed by atoms with Crippen LogP contribution in [0.15, 0.2) is 42.5 Å². The molecule has 24 heavy (non-hydrogen) atoms. The smallest absolute Gasteiger partial charge is 0.229 e. The zero-order valence-electron chi connectivity index (χ0n) is 12.6. The first kappa shape index (κ1) is 16.4. The van der Waals surface area contributed by atoms with Crippen molar-refractivity contribution in [1.29, 1.82) is 5.41 Å². The molecule has 3 rings (SSSR count). The minimum Gasteiger partial charge on any atom is -0.398 e. The first-order chi connectivity index (χ1) is 11.2. The Bertz CT molecular complexity index is 1030. The lowest BCUT2D eigenvalue weighted by Crippen LogP contribution is -2.13. The normalized spacial score (nSPS) is 11.6. The summed E-state index contributed by atoms with van der Waals surface area (Å²) >= 11 is 1.42. The van der Waals surface area contributed by atoms with Crippen molar-refractivity contribution in [3.8, 4) is 0 Å². The monoisotopic (exact) mass is 363 g/mol. The van der Waals surface area contributed by atoms with Gasteiger partial charge in [0.25, 0.3) is 0 Å². The van der Waals surface area contributed by atoms with E-state index in [0.717, 1.165) is 22.4 Å². The fraction of sp³-hybridized carbons (Fsp3) is 0.0625. The molecule has 0 aliphatic rings. The maximum Gasteiger partial charge on any atom is 0.229 e. The molecule has 0 bridgehead atoms. The van der Waals surface area contributed by atoms with Crippen molar-refractivity contribution in [2.45, 2.75) is 0 Å². The minimum atomic E-state index is -3.64. The van der Waals surface area contributed by atoms with Gasteiger partial charge in [0, 0.05) is 16.0 Å². The number of thiophene rings is 1. The van der Waals surface area contributed by atoms with Gasteiger partial charge >= 0.3 is 0 Å². The van der Waals surface area contributed by atoms with E-state index in [-0.39, 0.29) is 22.6 Å². The molecule has 1 aromatic heterocycles. The highest BCUT2D eigenvalue weighted by Crippen LogP contribution is 2.30. The summed E-state index contributed by atoms with van der Waals surface area (Å²) in [7, 11) is -3.64. The average molecular weight is 363 g/mol. The van der Waals surface area contributed by atoms with Gasteiger partial charge in [0.05, 0.1) is 22.5 Å². The highest BCUT2D eigenvalue weighted by atomic mass is 32.2. The van der Waals surface area contributed by atoms with Gasteiger partial charge in [0.1, 0.15) is 5.82 Å². The van der Waals surface area contributed by atoms with Gasteiger partial charge in [-0.05, 0) is 29.7 Å². The lowest BCUT2D eigenvalue weighted by molar-refractivity contribution is 0.604. The SMILES string of the molecule is CS(=O)(=O)Nc1cc(C(=N)c2cc3ccccc3s2)c(N)cc1F. The molecule has 5 nitrogen and oxygen atoms in total. The first-order valence-electron chi connectivity index (χ1n) is 6.89. The van der Waals surface area contributed by atoms with E-state index in [2.05, 4.69) is 4.72 Å². The molecule has 8 heteroatoms. The molecule has 0 unspecified atom stereocenters. The summed E-state index contributed by atoms with van der Waals surface area (Å²) in [5.74, 6) is -0.786. The van der Waals surface area contributed by atoms with Crippen LogP contribution in [0.3, 0.4) is 0 Å². The molecule has 0 radical (unpaired) electrons. The van der Waals surface area contributed by atoms with Crippen LogP contribution in [0.2, 0.25) is 0 Å². The van der Waals surface area contributed by atoms with Gasteiger partial charge in [0.15, 0.2) is 0 Å². The quantitative estimate of drug-likeness (QED) is 0.489. The van der Waals surface area contributed by atoms with Crippen molar-refractivity contribution in [1.82, 2.24) is 0 Å². The third kappa shape index (κ3) is 3.24. The van der Waals surface area contributed by atoms with Crippen LogP contribution in [0.5, 0.6) is 0 Å². The summed E-state index contributed by atoms with van der Waals surface area (Å²) in [6.45, 7) is 0. The molecule has 0 aliphatic heterocycles. The van der Waals surface area contributed by atoms with Gasteiger partial charge in [-0.25, -0.2) is 12.8 Å². The summed E-state index contributed by atoms with van der Waals surface area (Å²) in [5.41, 5.74) is 6.07. The number of nitrogens with one attached hydrogen (secondary N) is 2. The number of fused-ring (bicyclic) bond motifs is 1. The molecular weight excluding hydrogens is 349 g/mol. The van der Waals surface area contributed by atoms with E-state index in [1.165, 1.54) is 17.4 Å². The Balaban J connectivity index is 2.07. The number of halogens is 1. The van der Waals surface area contributed by atoms with Crippen LogP contribution in [0.1, 0.15) is 10.4 Å².